The molecule has 0 bridgehead atoms. The number of hydrogen-bond acceptors (Lipinski definition) is 5. The van der Waals surface area contributed by atoms with Crippen LogP contribution in [0.2, 0.25) is 0 Å². The smallest absolute Gasteiger partial charge is 0.306 e. The number of ether oxygens (including phenoxy) is 1. The van der Waals surface area contributed by atoms with Crippen molar-refractivity contribution in [3.8, 4) is 0 Å². The first-order valence-electron chi connectivity index (χ1n) is 5.17. The number of unbranched alkanes of at least 4 members (excludes halogenated alkanes) is 1. The van der Waals surface area contributed by atoms with Crippen molar-refractivity contribution in [2.24, 2.45) is 0 Å². The summed E-state index contributed by atoms with van der Waals surface area (Å²) in [4.78, 5) is 20.8. The molecule has 0 spiro atoms. The highest BCUT2D eigenvalue weighted by Crippen LogP contribution is 1.95. The van der Waals surface area contributed by atoms with Crippen molar-refractivity contribution >= 4 is 11.9 Å². The summed E-state index contributed by atoms with van der Waals surface area (Å²) in [7, 11) is 0. The van der Waals surface area contributed by atoms with E-state index in [9.17, 15) is 9.59 Å². The standard InChI is InChI=1S/C8H14O4.C2H6O2/c1-2-3-6-12-8(11)5-4-7(9)10;3-1-2-4/h2-6H2,1H3,(H,9,10);3-4H,1-2H2. The van der Waals surface area contributed by atoms with Crippen molar-refractivity contribution in [2.75, 3.05) is 19.8 Å². The fraction of sp³-hybridized carbons (Fsp3) is 0.800. The Kier molecular flexibility index (Phi) is 15.0. The summed E-state index contributed by atoms with van der Waals surface area (Å²) in [6.07, 6.45) is 1.62. The summed E-state index contributed by atoms with van der Waals surface area (Å²) >= 11 is 0. The minimum atomic E-state index is -0.970. The van der Waals surface area contributed by atoms with Gasteiger partial charge < -0.3 is 20.1 Å². The van der Waals surface area contributed by atoms with Crippen LogP contribution < -0.4 is 0 Å². The third kappa shape index (κ3) is 18.6. The van der Waals surface area contributed by atoms with Gasteiger partial charge >= 0.3 is 11.9 Å². The van der Waals surface area contributed by atoms with Gasteiger partial charge in [-0.15, -0.1) is 0 Å². The van der Waals surface area contributed by atoms with Crippen molar-refractivity contribution in [1.82, 2.24) is 0 Å². The lowest BCUT2D eigenvalue weighted by atomic mass is 10.3. The number of hydrogen-bond donors (Lipinski definition) is 3. The van der Waals surface area contributed by atoms with Crippen LogP contribution in [0.1, 0.15) is 32.6 Å². The van der Waals surface area contributed by atoms with Gasteiger partial charge in [0.05, 0.1) is 32.7 Å². The molecule has 0 saturated heterocycles. The van der Waals surface area contributed by atoms with Crippen LogP contribution in [-0.4, -0.2) is 47.1 Å². The third-order valence-electron chi connectivity index (χ3n) is 1.40. The Morgan fingerprint density at radius 1 is 1.12 bits per heavy atom. The first-order valence-corrected chi connectivity index (χ1v) is 5.17. The van der Waals surface area contributed by atoms with Gasteiger partial charge in [-0.05, 0) is 6.42 Å². The van der Waals surface area contributed by atoms with Gasteiger partial charge in [-0.1, -0.05) is 13.3 Å². The lowest BCUT2D eigenvalue weighted by molar-refractivity contribution is -0.147. The number of carbonyl (C=O) groups excluding carboxylic acids is 1. The average Bonchev–Trinajstić information content (AvgIpc) is 2.27. The van der Waals surface area contributed by atoms with E-state index in [1.54, 1.807) is 0 Å². The highest BCUT2D eigenvalue weighted by molar-refractivity contribution is 5.76. The zero-order valence-corrected chi connectivity index (χ0v) is 9.52. The summed E-state index contributed by atoms with van der Waals surface area (Å²) in [6.45, 7) is 2.14. The molecule has 16 heavy (non-hydrogen) atoms. The number of aliphatic hydroxyl groups is 2. The van der Waals surface area contributed by atoms with Crippen molar-refractivity contribution in [3.05, 3.63) is 0 Å². The second-order valence-electron chi connectivity index (χ2n) is 2.91. The molecule has 0 aliphatic heterocycles. The van der Waals surface area contributed by atoms with Crippen LogP contribution in [0.4, 0.5) is 0 Å². The minimum Gasteiger partial charge on any atom is -0.481 e. The highest BCUT2D eigenvalue weighted by atomic mass is 16.5. The van der Waals surface area contributed by atoms with Crippen LogP contribution in [0.25, 0.3) is 0 Å². The largest absolute Gasteiger partial charge is 0.481 e. The Balaban J connectivity index is 0. The topological polar surface area (TPSA) is 104 Å². The normalized spacial score (nSPS) is 8.94. The van der Waals surface area contributed by atoms with Gasteiger partial charge in [0.15, 0.2) is 0 Å². The number of rotatable bonds is 7. The maximum atomic E-state index is 10.7. The summed E-state index contributed by atoms with van der Waals surface area (Å²) < 4.78 is 4.73. The highest BCUT2D eigenvalue weighted by Gasteiger charge is 2.05. The van der Waals surface area contributed by atoms with Gasteiger partial charge in [-0.2, -0.15) is 0 Å². The first-order chi connectivity index (χ1) is 7.58. The number of aliphatic carboxylic acids is 1. The van der Waals surface area contributed by atoms with E-state index in [-0.39, 0.29) is 26.1 Å². The summed E-state index contributed by atoms with van der Waals surface area (Å²) in [5, 5.41) is 23.5. The molecule has 6 nitrogen and oxygen atoms in total. The Hall–Kier alpha value is -1.14. The number of aliphatic hydroxyl groups excluding tert-OH is 2. The van der Waals surface area contributed by atoms with Gasteiger partial charge in [0.25, 0.3) is 0 Å². The zero-order valence-electron chi connectivity index (χ0n) is 9.52. The predicted molar refractivity (Wildman–Crippen MR) is 56.9 cm³/mol. The van der Waals surface area contributed by atoms with Crippen molar-refractivity contribution in [1.29, 1.82) is 0 Å². The summed E-state index contributed by atoms with van der Waals surface area (Å²) in [6, 6.07) is 0. The van der Waals surface area contributed by atoms with Gasteiger partial charge in [-0.3, -0.25) is 9.59 Å². The van der Waals surface area contributed by atoms with Crippen molar-refractivity contribution in [2.45, 2.75) is 32.6 Å². The Bertz CT molecular complexity index is 178. The van der Waals surface area contributed by atoms with E-state index in [2.05, 4.69) is 0 Å². The van der Waals surface area contributed by atoms with E-state index in [0.29, 0.717) is 6.61 Å². The molecular weight excluding hydrogens is 216 g/mol. The van der Waals surface area contributed by atoms with E-state index in [0.717, 1.165) is 12.8 Å². The number of carboxylic acid groups (broad SMARTS) is 1. The predicted octanol–water partition coefficient (Wildman–Crippen LogP) is 0.166. The molecule has 0 aromatic carbocycles. The van der Waals surface area contributed by atoms with Gasteiger partial charge in [0.1, 0.15) is 0 Å². The molecule has 6 heteroatoms. The molecule has 0 unspecified atom stereocenters. The van der Waals surface area contributed by atoms with E-state index in [1.165, 1.54) is 0 Å². The second-order valence-corrected chi connectivity index (χ2v) is 2.91. The molecule has 3 N–H and O–H groups in total. The lowest BCUT2D eigenvalue weighted by Gasteiger charge is -2.01. The van der Waals surface area contributed by atoms with E-state index >= 15 is 0 Å². The maximum absolute atomic E-state index is 10.7. The molecule has 96 valence electrons. The Labute approximate surface area is 94.8 Å². The molecule has 0 fully saturated rings. The van der Waals surface area contributed by atoms with E-state index in [4.69, 9.17) is 20.1 Å². The molecule has 0 heterocycles. The molecule has 0 rings (SSSR count). The van der Waals surface area contributed by atoms with Crippen LogP contribution in [0.3, 0.4) is 0 Å². The monoisotopic (exact) mass is 236 g/mol. The SMILES string of the molecule is CCCCOC(=O)CCC(=O)O.OCCO. The number of esters is 1. The molecule has 0 aromatic heterocycles. The summed E-state index contributed by atoms with van der Waals surface area (Å²) in [5.41, 5.74) is 0. The third-order valence-corrected chi connectivity index (χ3v) is 1.40. The van der Waals surface area contributed by atoms with Gasteiger partial charge in [-0.25, -0.2) is 0 Å². The average molecular weight is 236 g/mol. The number of carbonyl (C=O) groups is 2. The minimum absolute atomic E-state index is 0.0287. The molecule has 0 aliphatic carbocycles. The van der Waals surface area contributed by atoms with Crippen LogP contribution >= 0.6 is 0 Å². The van der Waals surface area contributed by atoms with Crippen molar-refractivity contribution < 1.29 is 29.6 Å². The number of carboxylic acids is 1. The van der Waals surface area contributed by atoms with Gasteiger partial charge in [0.2, 0.25) is 0 Å². The quantitative estimate of drug-likeness (QED) is 0.430. The Morgan fingerprint density at radius 2 is 1.69 bits per heavy atom. The Morgan fingerprint density at radius 3 is 2.06 bits per heavy atom. The molecule has 0 aromatic rings. The zero-order chi connectivity index (χ0) is 12.8. The van der Waals surface area contributed by atoms with Crippen LogP contribution in [-0.2, 0) is 14.3 Å². The maximum Gasteiger partial charge on any atom is 0.306 e. The molecule has 0 amide bonds. The molecular formula is C10H20O6. The second kappa shape index (κ2) is 13.9. The van der Waals surface area contributed by atoms with Crippen LogP contribution in [0, 0.1) is 0 Å². The molecule has 0 saturated carbocycles. The van der Waals surface area contributed by atoms with Crippen LogP contribution in [0.5, 0.6) is 0 Å². The molecule has 0 aliphatic rings. The van der Waals surface area contributed by atoms with E-state index < -0.39 is 11.9 Å². The fourth-order valence-corrected chi connectivity index (χ4v) is 0.612. The molecule has 0 radical (unpaired) electrons. The van der Waals surface area contributed by atoms with Crippen molar-refractivity contribution in [3.63, 3.8) is 0 Å². The summed E-state index contributed by atoms with van der Waals surface area (Å²) in [5.74, 6) is -1.40. The lowest BCUT2D eigenvalue weighted by Crippen LogP contribution is -2.08. The van der Waals surface area contributed by atoms with E-state index in [1.807, 2.05) is 6.92 Å². The first kappa shape index (κ1) is 17.3. The fourth-order valence-electron chi connectivity index (χ4n) is 0.612. The van der Waals surface area contributed by atoms with Gasteiger partial charge in [0, 0.05) is 0 Å². The molecule has 0 atom stereocenters. The van der Waals surface area contributed by atoms with Crippen LogP contribution in [0.15, 0.2) is 0 Å².